The van der Waals surface area contributed by atoms with Gasteiger partial charge in [-0.05, 0) is 88.2 Å². The topological polar surface area (TPSA) is 417 Å². The van der Waals surface area contributed by atoms with Crippen LogP contribution in [0.1, 0.15) is 167 Å². The molecule has 0 aliphatic carbocycles. The molecule has 0 aliphatic rings. The smallest absolute Gasteiger partial charge is 0.196 e. The van der Waals surface area contributed by atoms with E-state index in [0.717, 1.165) is 66.6 Å². The number of phenols is 3. The van der Waals surface area contributed by atoms with Crippen LogP contribution in [0.3, 0.4) is 0 Å². The third-order valence-electron chi connectivity index (χ3n) is 8.61. The van der Waals surface area contributed by atoms with Crippen LogP contribution in [0.5, 0.6) is 17.2 Å². The van der Waals surface area contributed by atoms with Crippen molar-refractivity contribution in [1.29, 1.82) is 0 Å². The first kappa shape index (κ1) is 84.5. The molecule has 0 saturated carbocycles. The number of phenolic OH excluding ortho intramolecular Hbond substituents is 3. The molecule has 10 N–H and O–H groups in total. The third kappa shape index (κ3) is 41.1. The molecule has 0 atom stereocenters. The van der Waals surface area contributed by atoms with Crippen LogP contribution in [0.4, 0.5) is 17.1 Å². The van der Waals surface area contributed by atoms with Gasteiger partial charge >= 0.3 is 0 Å². The number of hydrogen-bond acceptors (Lipinski definition) is 22. The largest absolute Gasteiger partial charge is 0.744 e. The second kappa shape index (κ2) is 37.3. The number of aliphatic hydroxyl groups is 4. The van der Waals surface area contributed by atoms with Crippen LogP contribution in [-0.4, -0.2) is 107 Å². The van der Waals surface area contributed by atoms with E-state index in [1.807, 2.05) is 6.07 Å². The van der Waals surface area contributed by atoms with Gasteiger partial charge in [-0.25, -0.2) is 45.2 Å². The summed E-state index contributed by atoms with van der Waals surface area (Å²) in [4.78, 5) is 23.2. The lowest BCUT2D eigenvalue weighted by Crippen LogP contribution is -2.40. The van der Waals surface area contributed by atoms with E-state index in [0.29, 0.717) is 32.8 Å². The molecule has 7 rings (SSSR count). The molecule has 0 spiro atoms. The molecule has 0 bridgehead atoms. The molecule has 0 unspecified atom stereocenters. The summed E-state index contributed by atoms with van der Waals surface area (Å²) >= 11 is 0. The summed E-state index contributed by atoms with van der Waals surface area (Å²) in [5, 5.41) is 65.4. The fourth-order valence-electron chi connectivity index (χ4n) is 5.31. The highest BCUT2D eigenvalue weighted by Gasteiger charge is 2.16. The molecule has 26 heteroatoms. The molecule has 7 aromatic rings. The number of nitrogens with zero attached hydrogens (tertiary/aromatic N) is 6. The molecule has 0 amide bonds. The summed E-state index contributed by atoms with van der Waals surface area (Å²) in [6, 6.07) is 29.1. The number of hydrogen-bond donors (Lipinski definition) is 8. The van der Waals surface area contributed by atoms with E-state index in [-0.39, 0.29) is 73.6 Å². The Hall–Kier alpha value is -7.47. The van der Waals surface area contributed by atoms with Crippen LogP contribution in [0.2, 0.25) is 0 Å². The first-order valence-electron chi connectivity index (χ1n) is 28.5. The van der Waals surface area contributed by atoms with E-state index in [9.17, 15) is 49.1 Å². The van der Waals surface area contributed by atoms with E-state index in [2.05, 4.69) is 167 Å². The standard InChI is InChI=1S/C24H18N4O8S2.C12H12N2O4.C6H7NO4S.4C5H12.C4H10/c29-22-8-6-18(37(31,32)33)11-20(22)25-13-16-10-17(28-24(27-16)15-4-2-1-3-5-15)14-26-21-12-19(38(34,35)36)7-9-23(21)30;15-11(16)8-6-9(12(17)18)14-10(13-8)7-4-2-1-3-5-7;7-5-3-4(12(9,10)11)1-2-6(5)8;4*1-5(2,3)4;1-4(2)3/h1-14,29-30H,(H,31,32,33)(H,34,35,36);1-6,11-12,15-18H;1-3,8H,7H2,(H,9,10,11);4*1-4H3;4H,1-3H3/p-2. The Labute approximate surface area is 543 Å². The van der Waals surface area contributed by atoms with Crippen molar-refractivity contribution in [2.45, 2.75) is 159 Å². The summed E-state index contributed by atoms with van der Waals surface area (Å²) in [6.07, 6.45) is -1.20. The minimum Gasteiger partial charge on any atom is -0.744 e. The van der Waals surface area contributed by atoms with Gasteiger partial charge in [-0.1, -0.05) is 192 Å². The third-order valence-corrected chi connectivity index (χ3v) is 11.1. The number of benzene rings is 5. The van der Waals surface area contributed by atoms with Gasteiger partial charge in [-0.15, -0.1) is 0 Å². The van der Waals surface area contributed by atoms with Crippen LogP contribution < -0.4 is 5.73 Å². The van der Waals surface area contributed by atoms with Gasteiger partial charge in [0, 0.05) is 17.2 Å². The van der Waals surface area contributed by atoms with Crippen LogP contribution >= 0.6 is 0 Å². The van der Waals surface area contributed by atoms with Crippen molar-refractivity contribution in [3.63, 3.8) is 0 Å². The summed E-state index contributed by atoms with van der Waals surface area (Å²) in [6.45, 7) is 41.5. The Bertz CT molecular complexity index is 3590. The molecule has 23 nitrogen and oxygen atoms in total. The van der Waals surface area contributed by atoms with Crippen molar-refractivity contribution < 1.29 is 80.4 Å². The molecule has 2 aromatic heterocycles. The predicted octanol–water partition coefficient (Wildman–Crippen LogP) is 12.0. The minimum absolute atomic E-state index is 0.0908. The average Bonchev–Trinajstić information content (AvgIpc) is 0.907. The highest BCUT2D eigenvalue weighted by Crippen LogP contribution is 2.31. The Kier molecular flexibility index (Phi) is 34.3. The fraction of sp³-hybridized carbons (Fsp3) is 0.394. The molecular weight excluding hydrogens is 1240 g/mol. The second-order valence-electron chi connectivity index (χ2n) is 27.3. The highest BCUT2D eigenvalue weighted by molar-refractivity contribution is 7.86. The van der Waals surface area contributed by atoms with Crippen molar-refractivity contribution in [3.8, 4) is 40.0 Å². The van der Waals surface area contributed by atoms with Crippen molar-refractivity contribution >= 4 is 59.8 Å². The SMILES string of the molecule is CC(C)(C)C.CC(C)(C)C.CC(C)(C)C.CC(C)(C)C.CC(C)C.O=S(=O)([O-])c1ccc(O)c(N=Cc2cc(C=Nc3cc(S(=O)(=O)[O-])ccc3O)nc(-c3ccccc3)n2)c1.OC(O)c1cc(C(O)O)nc(-c2ccccc2)n1.[NH3+]c1cc(S(=O)(=O)[O-])ccc1O. The van der Waals surface area contributed by atoms with Gasteiger partial charge in [0.1, 0.15) is 64.6 Å². The lowest BCUT2D eigenvalue weighted by molar-refractivity contribution is -0.256. The molecule has 508 valence electrons. The zero-order valence-corrected chi connectivity index (χ0v) is 58.4. The van der Waals surface area contributed by atoms with E-state index in [1.54, 1.807) is 54.6 Å². The highest BCUT2D eigenvalue weighted by atomic mass is 32.2. The van der Waals surface area contributed by atoms with E-state index in [1.165, 1.54) is 18.5 Å². The maximum absolute atomic E-state index is 11.3. The number of aromatic hydroxyl groups is 3. The number of aliphatic hydroxyl groups excluding tert-OH is 2. The zero-order chi connectivity index (χ0) is 71.6. The van der Waals surface area contributed by atoms with Gasteiger partial charge in [0.15, 0.2) is 35.7 Å². The maximum atomic E-state index is 11.3. The van der Waals surface area contributed by atoms with Crippen LogP contribution in [-0.2, 0) is 30.4 Å². The predicted molar refractivity (Wildman–Crippen MR) is 356 cm³/mol. The zero-order valence-electron chi connectivity index (χ0n) is 55.9. The maximum Gasteiger partial charge on any atom is 0.196 e. The first-order chi connectivity index (χ1) is 41.6. The van der Waals surface area contributed by atoms with Crippen LogP contribution in [0, 0.1) is 27.6 Å². The molecule has 2 heterocycles. The summed E-state index contributed by atoms with van der Waals surface area (Å²) in [7, 11) is -14.0. The number of quaternary nitrogens is 1. The van der Waals surface area contributed by atoms with Gasteiger partial charge in [0.05, 0.1) is 38.5 Å². The van der Waals surface area contributed by atoms with Crippen molar-refractivity contribution in [1.82, 2.24) is 19.9 Å². The van der Waals surface area contributed by atoms with Crippen molar-refractivity contribution in [2.24, 2.45) is 37.6 Å². The van der Waals surface area contributed by atoms with E-state index in [4.69, 9.17) is 25.5 Å². The van der Waals surface area contributed by atoms with E-state index >= 15 is 0 Å². The Morgan fingerprint density at radius 2 is 0.674 bits per heavy atom. The van der Waals surface area contributed by atoms with Gasteiger partial charge in [-0.2, -0.15) is 0 Å². The van der Waals surface area contributed by atoms with Crippen molar-refractivity contribution in [2.75, 3.05) is 0 Å². The second-order valence-corrected chi connectivity index (χ2v) is 31.4. The Morgan fingerprint density at radius 1 is 0.413 bits per heavy atom. The molecule has 0 saturated heterocycles. The molecule has 5 aromatic carbocycles. The summed E-state index contributed by atoms with van der Waals surface area (Å²) in [5.74, 6) is 0.371. The number of aromatic nitrogens is 4. The van der Waals surface area contributed by atoms with Crippen molar-refractivity contribution in [3.05, 3.63) is 150 Å². The normalized spacial score (nSPS) is 11.8. The minimum atomic E-state index is -4.78. The van der Waals surface area contributed by atoms with E-state index < -0.39 is 52.7 Å². The quantitative estimate of drug-likeness (QED) is 0.0339. The lowest BCUT2D eigenvalue weighted by atomic mass is 10.0. The summed E-state index contributed by atoms with van der Waals surface area (Å²) < 4.78 is 99.2. The number of aliphatic imine (C=N–C) groups is 2. The fourth-order valence-corrected chi connectivity index (χ4v) is 6.82. The first-order valence-corrected chi connectivity index (χ1v) is 32.7. The van der Waals surface area contributed by atoms with Gasteiger partial charge < -0.3 is 55.1 Å². The Balaban J connectivity index is 0.00000126. The molecule has 0 fully saturated rings. The average molecular weight is 1340 g/mol. The van der Waals surface area contributed by atoms with Crippen LogP contribution in [0.25, 0.3) is 22.8 Å². The molecule has 0 radical (unpaired) electrons. The monoisotopic (exact) mass is 1340 g/mol. The van der Waals surface area contributed by atoms with Crippen LogP contribution in [0.15, 0.2) is 152 Å². The molecular formula is C66H93N7O16S3-2. The lowest BCUT2D eigenvalue weighted by Gasteiger charge is -2.10. The van der Waals surface area contributed by atoms with Gasteiger partial charge in [0.25, 0.3) is 0 Å². The van der Waals surface area contributed by atoms with Gasteiger partial charge in [-0.3, -0.25) is 9.98 Å². The number of rotatable bonds is 11. The Morgan fingerprint density at radius 3 is 0.935 bits per heavy atom. The van der Waals surface area contributed by atoms with Gasteiger partial charge in [0.2, 0.25) is 0 Å². The molecule has 92 heavy (non-hydrogen) atoms. The molecule has 0 aliphatic heterocycles. The summed E-state index contributed by atoms with van der Waals surface area (Å²) in [5.41, 5.74) is 6.52.